The number of carbonyl (C=O) groups is 1. The predicted octanol–water partition coefficient (Wildman–Crippen LogP) is 2.20. The number of carbonyl (C=O) groups excluding carboxylic acids is 1. The molecular weight excluding hydrogens is 380 g/mol. The lowest BCUT2D eigenvalue weighted by atomic mass is 10.1. The van der Waals surface area contributed by atoms with Crippen LogP contribution < -0.4 is 4.74 Å². The highest BCUT2D eigenvalue weighted by Crippen LogP contribution is 2.22. The molecule has 1 N–H and O–H groups in total. The Balaban J connectivity index is 1.45. The van der Waals surface area contributed by atoms with E-state index in [-0.39, 0.29) is 11.9 Å². The third kappa shape index (κ3) is 4.08. The van der Waals surface area contributed by atoms with E-state index >= 15 is 0 Å². The lowest BCUT2D eigenvalue weighted by Crippen LogP contribution is -2.40. The van der Waals surface area contributed by atoms with Crippen molar-refractivity contribution in [2.24, 2.45) is 0 Å². The molecule has 1 fully saturated rings. The smallest absolute Gasteiger partial charge is 0.254 e. The summed E-state index contributed by atoms with van der Waals surface area (Å²) >= 11 is 0. The summed E-state index contributed by atoms with van der Waals surface area (Å²) in [4.78, 5) is 16.7. The van der Waals surface area contributed by atoms with Gasteiger partial charge in [0.05, 0.1) is 24.9 Å². The van der Waals surface area contributed by atoms with Gasteiger partial charge in [0.25, 0.3) is 5.91 Å². The number of amides is 1. The Morgan fingerprint density at radius 1 is 1.17 bits per heavy atom. The van der Waals surface area contributed by atoms with Crippen LogP contribution in [0.1, 0.15) is 15.9 Å². The van der Waals surface area contributed by atoms with Gasteiger partial charge >= 0.3 is 0 Å². The van der Waals surface area contributed by atoms with Gasteiger partial charge in [-0.3, -0.25) is 9.69 Å². The van der Waals surface area contributed by atoms with E-state index in [1.54, 1.807) is 42.5 Å². The summed E-state index contributed by atoms with van der Waals surface area (Å²) in [7, 11) is 3.58. The first-order chi connectivity index (χ1) is 14.6. The number of hydrogen-bond donors (Lipinski definition) is 1. The van der Waals surface area contributed by atoms with Gasteiger partial charge in [-0.25, -0.2) is 4.68 Å². The molecule has 0 bridgehead atoms. The number of rotatable bonds is 6. The van der Waals surface area contributed by atoms with Crippen molar-refractivity contribution in [3.05, 3.63) is 78.1 Å². The molecule has 2 atom stereocenters. The van der Waals surface area contributed by atoms with Gasteiger partial charge in [0.15, 0.2) is 0 Å². The number of hydrogen-bond acceptors (Lipinski definition) is 5. The fourth-order valence-corrected chi connectivity index (χ4v) is 3.95. The number of methoxy groups -OCH3 is 1. The van der Waals surface area contributed by atoms with E-state index in [4.69, 9.17) is 4.74 Å². The lowest BCUT2D eigenvalue weighted by Gasteiger charge is -2.27. The van der Waals surface area contributed by atoms with Gasteiger partial charge < -0.3 is 14.7 Å². The molecule has 0 unspecified atom stereocenters. The maximum Gasteiger partial charge on any atom is 0.254 e. The SMILES string of the molecule is COc1ccc(C(=O)N2C[C@H](O)[C@@H](N(C)Cc3ccccc3-n3cccn3)C2)cc1. The molecule has 1 aliphatic heterocycles. The number of benzene rings is 2. The van der Waals surface area contributed by atoms with Crippen molar-refractivity contribution in [3.8, 4) is 11.4 Å². The van der Waals surface area contributed by atoms with Crippen molar-refractivity contribution in [1.29, 1.82) is 0 Å². The number of β-amino-alcohol motifs (C(OH)–C–C–N with tert-alkyl or cyclic N) is 1. The average molecular weight is 406 g/mol. The Hall–Kier alpha value is -3.16. The Labute approximate surface area is 176 Å². The minimum absolute atomic E-state index is 0.0791. The normalized spacial score (nSPS) is 18.7. The molecule has 0 aliphatic carbocycles. The molecule has 7 nitrogen and oxygen atoms in total. The van der Waals surface area contributed by atoms with Crippen molar-refractivity contribution in [3.63, 3.8) is 0 Å². The highest BCUT2D eigenvalue weighted by atomic mass is 16.5. The van der Waals surface area contributed by atoms with Crippen LogP contribution >= 0.6 is 0 Å². The molecule has 1 aromatic heterocycles. The number of aliphatic hydroxyl groups is 1. The second-order valence-corrected chi connectivity index (χ2v) is 7.57. The minimum atomic E-state index is -0.603. The van der Waals surface area contributed by atoms with Crippen molar-refractivity contribution in [1.82, 2.24) is 19.6 Å². The number of aliphatic hydroxyl groups excluding tert-OH is 1. The molecule has 0 spiro atoms. The number of likely N-dealkylation sites (N-methyl/N-ethyl adjacent to an activating group) is 1. The Morgan fingerprint density at radius 3 is 2.63 bits per heavy atom. The average Bonchev–Trinajstić information content (AvgIpc) is 3.44. The molecule has 2 heterocycles. The number of para-hydroxylation sites is 1. The maximum absolute atomic E-state index is 12.9. The second-order valence-electron chi connectivity index (χ2n) is 7.57. The molecular formula is C23H26N4O3. The van der Waals surface area contributed by atoms with Crippen molar-refractivity contribution >= 4 is 5.91 Å². The van der Waals surface area contributed by atoms with E-state index in [1.807, 2.05) is 42.2 Å². The van der Waals surface area contributed by atoms with Crippen LogP contribution in [0.3, 0.4) is 0 Å². The summed E-state index contributed by atoms with van der Waals surface area (Å²) < 4.78 is 7.00. The van der Waals surface area contributed by atoms with Crippen LogP contribution in [-0.4, -0.2) is 70.0 Å². The van der Waals surface area contributed by atoms with E-state index in [1.165, 1.54) is 0 Å². The zero-order valence-corrected chi connectivity index (χ0v) is 17.2. The first kappa shape index (κ1) is 20.1. The number of nitrogens with zero attached hydrogens (tertiary/aromatic N) is 4. The van der Waals surface area contributed by atoms with Crippen molar-refractivity contribution in [2.75, 3.05) is 27.2 Å². The monoisotopic (exact) mass is 406 g/mol. The summed E-state index contributed by atoms with van der Waals surface area (Å²) in [5, 5.41) is 15.0. The van der Waals surface area contributed by atoms with Crippen LogP contribution in [0, 0.1) is 0 Å². The standard InChI is InChI=1S/C23H26N4O3/c1-25(14-18-6-3-4-7-20(18)27-13-5-12-24-27)21-15-26(16-22(21)28)23(29)17-8-10-19(30-2)11-9-17/h3-13,21-22,28H,14-16H2,1-2H3/t21-,22-/m0/s1. The summed E-state index contributed by atoms with van der Waals surface area (Å²) in [6.45, 7) is 1.44. The maximum atomic E-state index is 12.9. The molecule has 0 saturated carbocycles. The Kier molecular flexibility index (Phi) is 5.83. The molecule has 1 amide bonds. The molecule has 30 heavy (non-hydrogen) atoms. The highest BCUT2D eigenvalue weighted by molar-refractivity contribution is 5.94. The van der Waals surface area contributed by atoms with Crippen LogP contribution in [0.4, 0.5) is 0 Å². The van der Waals surface area contributed by atoms with E-state index < -0.39 is 6.10 Å². The van der Waals surface area contributed by atoms with Crippen LogP contribution in [0.2, 0.25) is 0 Å². The fourth-order valence-electron chi connectivity index (χ4n) is 3.95. The van der Waals surface area contributed by atoms with Gasteiger partial charge in [0.2, 0.25) is 0 Å². The van der Waals surface area contributed by atoms with Gasteiger partial charge in [-0.15, -0.1) is 0 Å². The van der Waals surface area contributed by atoms with Crippen LogP contribution in [0.15, 0.2) is 67.0 Å². The number of likely N-dealkylation sites (tertiary alicyclic amines) is 1. The molecule has 2 aromatic carbocycles. The van der Waals surface area contributed by atoms with Crippen LogP contribution in [0.25, 0.3) is 5.69 Å². The molecule has 4 rings (SSSR count). The first-order valence-corrected chi connectivity index (χ1v) is 9.96. The molecule has 3 aromatic rings. The molecule has 1 aliphatic rings. The van der Waals surface area contributed by atoms with Crippen LogP contribution in [-0.2, 0) is 6.54 Å². The third-order valence-electron chi connectivity index (χ3n) is 5.61. The zero-order chi connectivity index (χ0) is 21.1. The molecule has 7 heteroatoms. The quantitative estimate of drug-likeness (QED) is 0.680. The number of ether oxygens (including phenoxy) is 1. The van der Waals surface area contributed by atoms with Gasteiger partial charge in [-0.1, -0.05) is 18.2 Å². The summed E-state index contributed by atoms with van der Waals surface area (Å²) in [5.74, 6) is 0.631. The van der Waals surface area contributed by atoms with Gasteiger partial charge in [0.1, 0.15) is 5.75 Å². The summed E-state index contributed by atoms with van der Waals surface area (Å²) in [5.41, 5.74) is 2.71. The van der Waals surface area contributed by atoms with E-state index in [2.05, 4.69) is 16.1 Å². The van der Waals surface area contributed by atoms with E-state index in [0.29, 0.717) is 30.9 Å². The third-order valence-corrected chi connectivity index (χ3v) is 5.61. The van der Waals surface area contributed by atoms with Crippen molar-refractivity contribution in [2.45, 2.75) is 18.7 Å². The Bertz CT molecular complexity index is 988. The molecule has 156 valence electrons. The number of aromatic nitrogens is 2. The predicted molar refractivity (Wildman–Crippen MR) is 114 cm³/mol. The van der Waals surface area contributed by atoms with Gasteiger partial charge in [-0.2, -0.15) is 5.10 Å². The highest BCUT2D eigenvalue weighted by Gasteiger charge is 2.36. The summed E-state index contributed by atoms with van der Waals surface area (Å²) in [6.07, 6.45) is 3.07. The first-order valence-electron chi connectivity index (χ1n) is 9.96. The lowest BCUT2D eigenvalue weighted by molar-refractivity contribution is 0.0763. The van der Waals surface area contributed by atoms with E-state index in [9.17, 15) is 9.90 Å². The fraction of sp³-hybridized carbons (Fsp3) is 0.304. The zero-order valence-electron chi connectivity index (χ0n) is 17.2. The van der Waals surface area contributed by atoms with Gasteiger partial charge in [-0.05, 0) is 49.0 Å². The van der Waals surface area contributed by atoms with Gasteiger partial charge in [0, 0.05) is 37.6 Å². The van der Waals surface area contributed by atoms with Crippen LogP contribution in [0.5, 0.6) is 5.75 Å². The molecule has 0 radical (unpaired) electrons. The largest absolute Gasteiger partial charge is 0.497 e. The Morgan fingerprint density at radius 2 is 1.93 bits per heavy atom. The molecule has 1 saturated heterocycles. The summed E-state index contributed by atoms with van der Waals surface area (Å²) in [6, 6.07) is 16.9. The second kappa shape index (κ2) is 8.69. The topological polar surface area (TPSA) is 70.8 Å². The van der Waals surface area contributed by atoms with Crippen molar-refractivity contribution < 1.29 is 14.6 Å². The minimum Gasteiger partial charge on any atom is -0.497 e. The van der Waals surface area contributed by atoms with E-state index in [0.717, 1.165) is 11.3 Å².